The van der Waals surface area contributed by atoms with Gasteiger partial charge in [-0.15, -0.1) is 0 Å². The standard InChI is InChI=1S/C21H17N3O/c25-21(24-20-8-4-7-19-18(20)13-14-22-19)23-17-11-9-16(10-12-17)15-5-2-1-3-6-15/h1-14,22H,(H2,23,24,25). The molecule has 3 aromatic carbocycles. The summed E-state index contributed by atoms with van der Waals surface area (Å²) in [6.45, 7) is 0. The van der Waals surface area contributed by atoms with Crippen LogP contribution in [-0.2, 0) is 0 Å². The van der Waals surface area contributed by atoms with Gasteiger partial charge in [-0.3, -0.25) is 0 Å². The first-order valence-electron chi connectivity index (χ1n) is 8.09. The summed E-state index contributed by atoms with van der Waals surface area (Å²) in [4.78, 5) is 15.4. The summed E-state index contributed by atoms with van der Waals surface area (Å²) in [5, 5.41) is 6.74. The van der Waals surface area contributed by atoms with E-state index in [1.165, 1.54) is 0 Å². The van der Waals surface area contributed by atoms with Crippen molar-refractivity contribution in [1.82, 2.24) is 4.98 Å². The van der Waals surface area contributed by atoms with E-state index >= 15 is 0 Å². The molecule has 122 valence electrons. The van der Waals surface area contributed by atoms with Crippen LogP contribution in [-0.4, -0.2) is 11.0 Å². The van der Waals surface area contributed by atoms with Crippen LogP contribution < -0.4 is 10.6 Å². The predicted molar refractivity (Wildman–Crippen MR) is 103 cm³/mol. The molecular formula is C21H17N3O. The highest BCUT2D eigenvalue weighted by molar-refractivity contribution is 6.05. The van der Waals surface area contributed by atoms with Crippen molar-refractivity contribution in [2.45, 2.75) is 0 Å². The monoisotopic (exact) mass is 327 g/mol. The lowest BCUT2D eigenvalue weighted by molar-refractivity contribution is 0.262. The summed E-state index contributed by atoms with van der Waals surface area (Å²) in [6, 6.07) is 25.4. The average molecular weight is 327 g/mol. The van der Waals surface area contributed by atoms with Crippen LogP contribution in [0, 0.1) is 0 Å². The number of rotatable bonds is 3. The molecule has 0 saturated heterocycles. The second-order valence-electron chi connectivity index (χ2n) is 5.77. The quantitative estimate of drug-likeness (QED) is 0.458. The number of nitrogens with one attached hydrogen (secondary N) is 3. The Balaban J connectivity index is 1.47. The molecule has 1 aromatic heterocycles. The molecule has 0 spiro atoms. The fraction of sp³-hybridized carbons (Fsp3) is 0. The largest absolute Gasteiger partial charge is 0.361 e. The zero-order chi connectivity index (χ0) is 17.1. The first-order valence-corrected chi connectivity index (χ1v) is 8.09. The molecule has 0 aliphatic carbocycles. The van der Waals surface area contributed by atoms with E-state index in [0.29, 0.717) is 0 Å². The number of aromatic amines is 1. The lowest BCUT2D eigenvalue weighted by atomic mass is 10.1. The smallest absolute Gasteiger partial charge is 0.323 e. The minimum absolute atomic E-state index is 0.263. The third-order valence-corrected chi connectivity index (χ3v) is 4.09. The third-order valence-electron chi connectivity index (χ3n) is 4.09. The number of amides is 2. The number of hydrogen-bond donors (Lipinski definition) is 3. The first kappa shape index (κ1) is 15.0. The Bertz CT molecular complexity index is 1000. The van der Waals surface area contributed by atoms with Crippen LogP contribution in [0.5, 0.6) is 0 Å². The maximum absolute atomic E-state index is 12.3. The normalized spacial score (nSPS) is 10.6. The predicted octanol–water partition coefficient (Wildman–Crippen LogP) is 5.48. The van der Waals surface area contributed by atoms with Gasteiger partial charge in [-0.1, -0.05) is 48.5 Å². The van der Waals surface area contributed by atoms with Crippen LogP contribution in [0.1, 0.15) is 0 Å². The Morgan fingerprint density at radius 3 is 2.28 bits per heavy atom. The highest BCUT2D eigenvalue weighted by Gasteiger charge is 2.06. The number of hydrogen-bond acceptors (Lipinski definition) is 1. The second-order valence-corrected chi connectivity index (χ2v) is 5.77. The molecule has 0 atom stereocenters. The fourth-order valence-corrected chi connectivity index (χ4v) is 2.86. The van der Waals surface area contributed by atoms with Gasteiger partial charge in [0, 0.05) is 22.8 Å². The number of aromatic nitrogens is 1. The first-order chi connectivity index (χ1) is 12.3. The Hall–Kier alpha value is -3.53. The molecule has 4 heteroatoms. The highest BCUT2D eigenvalue weighted by Crippen LogP contribution is 2.23. The number of carbonyl (C=O) groups excluding carboxylic acids is 1. The number of carbonyl (C=O) groups is 1. The van der Waals surface area contributed by atoms with Crippen molar-refractivity contribution >= 4 is 28.3 Å². The third kappa shape index (κ3) is 3.23. The van der Waals surface area contributed by atoms with Crippen molar-refractivity contribution in [3.8, 4) is 11.1 Å². The van der Waals surface area contributed by atoms with Crippen LogP contribution in [0.4, 0.5) is 16.2 Å². The van der Waals surface area contributed by atoms with Crippen molar-refractivity contribution in [2.24, 2.45) is 0 Å². The molecule has 4 rings (SSSR count). The topological polar surface area (TPSA) is 56.9 Å². The van der Waals surface area contributed by atoms with Crippen LogP contribution in [0.25, 0.3) is 22.0 Å². The summed E-state index contributed by atoms with van der Waals surface area (Å²) in [7, 11) is 0. The van der Waals surface area contributed by atoms with Gasteiger partial charge in [0.1, 0.15) is 0 Å². The zero-order valence-corrected chi connectivity index (χ0v) is 13.5. The molecule has 0 radical (unpaired) electrons. The van der Waals surface area contributed by atoms with Crippen molar-refractivity contribution < 1.29 is 4.79 Å². The van der Waals surface area contributed by atoms with E-state index in [-0.39, 0.29) is 6.03 Å². The molecule has 0 bridgehead atoms. The van der Waals surface area contributed by atoms with E-state index in [4.69, 9.17) is 0 Å². The molecule has 0 saturated carbocycles. The second kappa shape index (κ2) is 6.53. The van der Waals surface area contributed by atoms with Crippen molar-refractivity contribution in [2.75, 3.05) is 10.6 Å². The Morgan fingerprint density at radius 1 is 0.720 bits per heavy atom. The zero-order valence-electron chi connectivity index (χ0n) is 13.5. The highest BCUT2D eigenvalue weighted by atomic mass is 16.2. The van der Waals surface area contributed by atoms with Crippen LogP contribution >= 0.6 is 0 Å². The Labute approximate surface area is 145 Å². The minimum Gasteiger partial charge on any atom is -0.361 e. The fourth-order valence-electron chi connectivity index (χ4n) is 2.86. The van der Waals surface area contributed by atoms with Gasteiger partial charge in [0.05, 0.1) is 5.69 Å². The summed E-state index contributed by atoms with van der Waals surface area (Å²) < 4.78 is 0. The molecule has 1 heterocycles. The molecule has 4 nitrogen and oxygen atoms in total. The molecule has 25 heavy (non-hydrogen) atoms. The van der Waals surface area contributed by atoms with E-state index < -0.39 is 0 Å². The molecule has 2 amide bonds. The van der Waals surface area contributed by atoms with E-state index in [1.54, 1.807) is 0 Å². The van der Waals surface area contributed by atoms with E-state index in [9.17, 15) is 4.79 Å². The van der Waals surface area contributed by atoms with Gasteiger partial charge in [0.25, 0.3) is 0 Å². The molecule has 0 fully saturated rings. The number of benzene rings is 3. The minimum atomic E-state index is -0.263. The molecule has 0 unspecified atom stereocenters. The summed E-state index contributed by atoms with van der Waals surface area (Å²) in [5.74, 6) is 0. The molecule has 4 aromatic rings. The van der Waals surface area contributed by atoms with Gasteiger partial charge in [0.2, 0.25) is 0 Å². The lowest BCUT2D eigenvalue weighted by Gasteiger charge is -2.09. The van der Waals surface area contributed by atoms with Gasteiger partial charge in [0.15, 0.2) is 0 Å². The molecular weight excluding hydrogens is 310 g/mol. The van der Waals surface area contributed by atoms with E-state index in [1.807, 2.05) is 72.9 Å². The number of fused-ring (bicyclic) bond motifs is 1. The summed E-state index contributed by atoms with van der Waals surface area (Å²) >= 11 is 0. The van der Waals surface area contributed by atoms with Crippen LogP contribution in [0.3, 0.4) is 0 Å². The lowest BCUT2D eigenvalue weighted by Crippen LogP contribution is -2.19. The van der Waals surface area contributed by atoms with Gasteiger partial charge in [-0.25, -0.2) is 4.79 Å². The van der Waals surface area contributed by atoms with E-state index in [0.717, 1.165) is 33.4 Å². The van der Waals surface area contributed by atoms with Crippen molar-refractivity contribution in [3.63, 3.8) is 0 Å². The van der Waals surface area contributed by atoms with Gasteiger partial charge < -0.3 is 15.6 Å². The summed E-state index contributed by atoms with van der Waals surface area (Å²) in [6.07, 6.45) is 1.86. The van der Waals surface area contributed by atoms with Gasteiger partial charge >= 0.3 is 6.03 Å². The van der Waals surface area contributed by atoms with Crippen molar-refractivity contribution in [3.05, 3.63) is 85.1 Å². The summed E-state index contributed by atoms with van der Waals surface area (Å²) in [5.41, 5.74) is 4.78. The van der Waals surface area contributed by atoms with Crippen LogP contribution in [0.15, 0.2) is 85.1 Å². The Kier molecular flexibility index (Phi) is 3.92. The Morgan fingerprint density at radius 2 is 1.48 bits per heavy atom. The number of urea groups is 1. The average Bonchev–Trinajstić information content (AvgIpc) is 3.13. The maximum Gasteiger partial charge on any atom is 0.323 e. The van der Waals surface area contributed by atoms with Gasteiger partial charge in [-0.05, 0) is 41.5 Å². The van der Waals surface area contributed by atoms with Crippen LogP contribution in [0.2, 0.25) is 0 Å². The molecule has 0 aliphatic rings. The molecule has 0 aliphatic heterocycles. The van der Waals surface area contributed by atoms with Gasteiger partial charge in [-0.2, -0.15) is 0 Å². The molecule has 3 N–H and O–H groups in total. The maximum atomic E-state index is 12.3. The van der Waals surface area contributed by atoms with E-state index in [2.05, 4.69) is 27.8 Å². The number of anilines is 2. The van der Waals surface area contributed by atoms with Crippen molar-refractivity contribution in [1.29, 1.82) is 0 Å². The SMILES string of the molecule is O=C(Nc1ccc(-c2ccccc2)cc1)Nc1cccc2[nH]ccc12. The number of H-pyrrole nitrogens is 1.